The third-order valence-corrected chi connectivity index (χ3v) is 4.43. The quantitative estimate of drug-likeness (QED) is 0.589. The zero-order chi connectivity index (χ0) is 15.2. The summed E-state index contributed by atoms with van der Waals surface area (Å²) in [7, 11) is -0.342. The van der Waals surface area contributed by atoms with Gasteiger partial charge in [0.2, 0.25) is 0 Å². The van der Waals surface area contributed by atoms with Crippen molar-refractivity contribution in [3.05, 3.63) is 12.1 Å². The zero-order valence-electron chi connectivity index (χ0n) is 13.4. The van der Waals surface area contributed by atoms with Crippen LogP contribution in [0.2, 0.25) is 0 Å². The SMILES string of the molecule is CC1(C)CC(CC=CB2OC(C)(C)C(C)(C)O2)C(=O)O1. The summed E-state index contributed by atoms with van der Waals surface area (Å²) in [5.41, 5.74) is -0.980. The minimum absolute atomic E-state index is 0.0522. The monoisotopic (exact) mass is 280 g/mol. The van der Waals surface area contributed by atoms with Gasteiger partial charge in [0.05, 0.1) is 17.1 Å². The van der Waals surface area contributed by atoms with E-state index in [1.165, 1.54) is 0 Å². The second kappa shape index (κ2) is 4.88. The van der Waals surface area contributed by atoms with Crippen molar-refractivity contribution < 1.29 is 18.8 Å². The van der Waals surface area contributed by atoms with Gasteiger partial charge in [-0.1, -0.05) is 12.1 Å². The highest BCUT2D eigenvalue weighted by atomic mass is 16.7. The molecule has 0 aromatic heterocycles. The molecule has 2 fully saturated rings. The van der Waals surface area contributed by atoms with Gasteiger partial charge in [0.25, 0.3) is 0 Å². The fraction of sp³-hybridized carbons (Fsp3) is 0.800. The molecule has 2 saturated heterocycles. The van der Waals surface area contributed by atoms with E-state index >= 15 is 0 Å². The summed E-state index contributed by atoms with van der Waals surface area (Å²) in [6.07, 6.45) is 3.40. The van der Waals surface area contributed by atoms with Crippen LogP contribution in [0.3, 0.4) is 0 Å². The molecule has 5 heteroatoms. The molecule has 1 atom stereocenters. The van der Waals surface area contributed by atoms with Gasteiger partial charge in [-0.05, 0) is 48.0 Å². The lowest BCUT2D eigenvalue weighted by Crippen LogP contribution is -2.41. The zero-order valence-corrected chi connectivity index (χ0v) is 13.4. The number of allylic oxidation sites excluding steroid dienone is 1. The largest absolute Gasteiger partial charge is 0.486 e. The Morgan fingerprint density at radius 2 is 1.70 bits per heavy atom. The number of ether oxygens (including phenoxy) is 1. The van der Waals surface area contributed by atoms with E-state index in [-0.39, 0.29) is 35.8 Å². The first kappa shape index (κ1) is 15.6. The molecule has 2 aliphatic heterocycles. The molecule has 2 heterocycles. The van der Waals surface area contributed by atoms with Crippen molar-refractivity contribution in [2.75, 3.05) is 0 Å². The molecule has 0 aromatic rings. The second-order valence-electron chi connectivity index (χ2n) is 7.37. The molecule has 0 aliphatic carbocycles. The van der Waals surface area contributed by atoms with Crippen molar-refractivity contribution in [2.45, 2.75) is 71.2 Å². The van der Waals surface area contributed by atoms with Crippen LogP contribution in [-0.2, 0) is 18.8 Å². The van der Waals surface area contributed by atoms with E-state index in [9.17, 15) is 4.79 Å². The van der Waals surface area contributed by atoms with Crippen molar-refractivity contribution in [3.8, 4) is 0 Å². The maximum atomic E-state index is 11.7. The normalized spacial score (nSPS) is 31.0. The van der Waals surface area contributed by atoms with Gasteiger partial charge in [0, 0.05) is 6.42 Å². The number of carbonyl (C=O) groups is 1. The fourth-order valence-electron chi connectivity index (χ4n) is 2.57. The lowest BCUT2D eigenvalue weighted by Gasteiger charge is -2.32. The van der Waals surface area contributed by atoms with Gasteiger partial charge in [-0.3, -0.25) is 4.79 Å². The van der Waals surface area contributed by atoms with Crippen LogP contribution in [0.1, 0.15) is 54.4 Å². The highest BCUT2D eigenvalue weighted by molar-refractivity contribution is 6.51. The van der Waals surface area contributed by atoms with E-state index in [4.69, 9.17) is 14.0 Å². The summed E-state index contributed by atoms with van der Waals surface area (Å²) in [6.45, 7) is 12.0. The van der Waals surface area contributed by atoms with Crippen LogP contribution in [0.15, 0.2) is 12.1 Å². The third-order valence-electron chi connectivity index (χ3n) is 4.43. The van der Waals surface area contributed by atoms with E-state index < -0.39 is 0 Å². The molecule has 112 valence electrons. The summed E-state index contributed by atoms with van der Waals surface area (Å²) < 4.78 is 17.1. The maximum Gasteiger partial charge on any atom is 0.486 e. The number of hydrogen-bond donors (Lipinski definition) is 0. The standard InChI is InChI=1S/C15H25BO4/c1-13(2)10-11(12(17)18-13)8-7-9-16-19-14(3,4)15(5,6)20-16/h7,9,11H,8,10H2,1-6H3. The number of cyclic esters (lactones) is 1. The Hall–Kier alpha value is -0.805. The Morgan fingerprint density at radius 3 is 2.15 bits per heavy atom. The van der Waals surface area contributed by atoms with Crippen LogP contribution in [0, 0.1) is 5.92 Å². The first-order chi connectivity index (χ1) is 9.02. The summed E-state index contributed by atoms with van der Waals surface area (Å²) in [5.74, 6) is 1.74. The van der Waals surface area contributed by atoms with Crippen LogP contribution in [-0.4, -0.2) is 29.9 Å². The predicted octanol–water partition coefficient (Wildman–Crippen LogP) is 2.91. The highest BCUT2D eigenvalue weighted by Gasteiger charge is 2.50. The predicted molar refractivity (Wildman–Crippen MR) is 78.1 cm³/mol. The summed E-state index contributed by atoms with van der Waals surface area (Å²) in [4.78, 5) is 11.7. The first-order valence-electron chi connectivity index (χ1n) is 7.28. The van der Waals surface area contributed by atoms with Crippen molar-refractivity contribution in [3.63, 3.8) is 0 Å². The van der Waals surface area contributed by atoms with Crippen LogP contribution >= 0.6 is 0 Å². The molecule has 0 bridgehead atoms. The number of hydrogen-bond acceptors (Lipinski definition) is 4. The van der Waals surface area contributed by atoms with Crippen LogP contribution < -0.4 is 0 Å². The molecule has 20 heavy (non-hydrogen) atoms. The molecule has 0 N–H and O–H groups in total. The van der Waals surface area contributed by atoms with Crippen LogP contribution in [0.25, 0.3) is 0 Å². The summed E-state index contributed by atoms with van der Waals surface area (Å²) >= 11 is 0. The van der Waals surface area contributed by atoms with Crippen molar-refractivity contribution >= 4 is 13.1 Å². The molecule has 0 radical (unpaired) electrons. The smallest absolute Gasteiger partial charge is 0.459 e. The number of esters is 1. The van der Waals surface area contributed by atoms with Crippen LogP contribution in [0.5, 0.6) is 0 Å². The Kier molecular flexibility index (Phi) is 3.80. The lowest BCUT2D eigenvalue weighted by molar-refractivity contribution is -0.148. The molecule has 1 unspecified atom stereocenters. The Labute approximate surface area is 122 Å². The Bertz CT molecular complexity index is 410. The highest BCUT2D eigenvalue weighted by Crippen LogP contribution is 2.37. The lowest BCUT2D eigenvalue weighted by atomic mass is 9.87. The molecule has 2 rings (SSSR count). The van der Waals surface area contributed by atoms with Gasteiger partial charge in [0.15, 0.2) is 0 Å². The van der Waals surface area contributed by atoms with Gasteiger partial charge in [-0.15, -0.1) is 0 Å². The first-order valence-corrected chi connectivity index (χ1v) is 7.28. The number of rotatable bonds is 3. The molecular formula is C15H25BO4. The Morgan fingerprint density at radius 1 is 1.15 bits per heavy atom. The Balaban J connectivity index is 1.88. The summed E-state index contributed by atoms with van der Waals surface area (Å²) in [5, 5.41) is 0. The van der Waals surface area contributed by atoms with Gasteiger partial charge in [0.1, 0.15) is 5.60 Å². The fourth-order valence-corrected chi connectivity index (χ4v) is 2.57. The molecule has 0 amide bonds. The third kappa shape index (κ3) is 3.09. The number of carbonyl (C=O) groups excluding carboxylic acids is 1. The minimum atomic E-state index is -0.342. The molecule has 0 aromatic carbocycles. The van der Waals surface area contributed by atoms with E-state index in [0.717, 1.165) is 6.42 Å². The molecule has 0 spiro atoms. The van der Waals surface area contributed by atoms with Gasteiger partial charge < -0.3 is 14.0 Å². The van der Waals surface area contributed by atoms with E-state index in [0.29, 0.717) is 6.42 Å². The van der Waals surface area contributed by atoms with Crippen molar-refractivity contribution in [1.29, 1.82) is 0 Å². The van der Waals surface area contributed by atoms with Gasteiger partial charge >= 0.3 is 13.1 Å². The van der Waals surface area contributed by atoms with E-state index in [1.54, 1.807) is 0 Å². The average Bonchev–Trinajstić information content (AvgIpc) is 2.60. The van der Waals surface area contributed by atoms with Gasteiger partial charge in [-0.25, -0.2) is 0 Å². The molecular weight excluding hydrogens is 255 g/mol. The van der Waals surface area contributed by atoms with Crippen molar-refractivity contribution in [1.82, 2.24) is 0 Å². The second-order valence-corrected chi connectivity index (χ2v) is 7.37. The van der Waals surface area contributed by atoms with E-state index in [1.807, 2.05) is 53.6 Å². The van der Waals surface area contributed by atoms with Crippen LogP contribution in [0.4, 0.5) is 0 Å². The topological polar surface area (TPSA) is 44.8 Å². The average molecular weight is 280 g/mol. The summed E-state index contributed by atoms with van der Waals surface area (Å²) in [6, 6.07) is 0. The van der Waals surface area contributed by atoms with Crippen molar-refractivity contribution in [2.24, 2.45) is 5.92 Å². The maximum absolute atomic E-state index is 11.7. The molecule has 0 saturated carbocycles. The molecule has 4 nitrogen and oxygen atoms in total. The van der Waals surface area contributed by atoms with Gasteiger partial charge in [-0.2, -0.15) is 0 Å². The van der Waals surface area contributed by atoms with E-state index in [2.05, 4.69) is 0 Å². The minimum Gasteiger partial charge on any atom is -0.459 e. The molecule has 2 aliphatic rings.